The molecule has 0 saturated heterocycles. The molecular weight excluding hydrogens is 340 g/mol. The fraction of sp³-hybridized carbons (Fsp3) is 0.632. The Balaban J connectivity index is 0.00000312. The van der Waals surface area contributed by atoms with Crippen LogP contribution in [0, 0.1) is 0 Å². The maximum Gasteiger partial charge on any atom is 0.240 e. The zero-order chi connectivity index (χ0) is 17.6. The van der Waals surface area contributed by atoms with Gasteiger partial charge in [0, 0.05) is 0 Å². The van der Waals surface area contributed by atoms with Crippen LogP contribution in [0.15, 0.2) is 18.2 Å². The number of hydrogen-bond donors (Lipinski definition) is 2. The fourth-order valence-electron chi connectivity index (χ4n) is 3.06. The smallest absolute Gasteiger partial charge is 0.240 e. The van der Waals surface area contributed by atoms with Crippen molar-refractivity contribution in [2.24, 2.45) is 5.73 Å². The van der Waals surface area contributed by atoms with E-state index in [1.807, 2.05) is 25.1 Å². The highest BCUT2D eigenvalue weighted by Crippen LogP contribution is 2.32. The monoisotopic (exact) mass is 370 g/mol. The van der Waals surface area contributed by atoms with Crippen molar-refractivity contribution in [2.45, 2.75) is 64.0 Å². The van der Waals surface area contributed by atoms with Gasteiger partial charge in [-0.25, -0.2) is 0 Å². The molecule has 0 radical (unpaired) electrons. The van der Waals surface area contributed by atoms with Crippen LogP contribution in [0.1, 0.15) is 64.0 Å². The van der Waals surface area contributed by atoms with E-state index in [2.05, 4.69) is 12.2 Å². The Labute approximate surface area is 157 Å². The molecule has 25 heavy (non-hydrogen) atoms. The summed E-state index contributed by atoms with van der Waals surface area (Å²) in [4.78, 5) is 12.5. The van der Waals surface area contributed by atoms with Gasteiger partial charge in [-0.05, 0) is 43.9 Å². The van der Waals surface area contributed by atoms with Crippen molar-refractivity contribution >= 4 is 18.3 Å². The molecule has 0 aliphatic heterocycles. The lowest BCUT2D eigenvalue weighted by Gasteiger charge is -2.25. The molecule has 3 N–H and O–H groups in total. The van der Waals surface area contributed by atoms with Gasteiger partial charge in [-0.3, -0.25) is 4.79 Å². The molecule has 1 fully saturated rings. The van der Waals surface area contributed by atoms with Crippen molar-refractivity contribution in [3.63, 3.8) is 0 Å². The van der Waals surface area contributed by atoms with Gasteiger partial charge in [0.1, 0.15) is 0 Å². The van der Waals surface area contributed by atoms with E-state index < -0.39 is 5.54 Å². The molecule has 1 amide bonds. The van der Waals surface area contributed by atoms with Gasteiger partial charge >= 0.3 is 0 Å². The Hall–Kier alpha value is -1.46. The number of benzene rings is 1. The highest BCUT2D eigenvalue weighted by molar-refractivity contribution is 5.86. The van der Waals surface area contributed by atoms with Crippen LogP contribution in [0.3, 0.4) is 0 Å². The number of rotatable bonds is 8. The third-order valence-corrected chi connectivity index (χ3v) is 4.74. The molecule has 1 aliphatic carbocycles. The van der Waals surface area contributed by atoms with E-state index in [9.17, 15) is 4.79 Å². The number of nitrogens with one attached hydrogen (secondary N) is 1. The molecule has 1 saturated carbocycles. The number of amides is 1. The van der Waals surface area contributed by atoms with Gasteiger partial charge in [-0.2, -0.15) is 0 Å². The predicted molar refractivity (Wildman–Crippen MR) is 103 cm³/mol. The van der Waals surface area contributed by atoms with Crippen LogP contribution >= 0.6 is 12.4 Å². The number of nitrogens with two attached hydrogens (primary N) is 1. The standard InChI is InChI=1S/C19H30N2O3.ClH/c1-4-5-12-24-16-9-8-15(13-17(16)23-3)14(2)21-18(22)19(20)10-6-7-11-19;/h8-9,13-14H,4-7,10-12,20H2,1-3H3,(H,21,22);1H. The lowest BCUT2D eigenvalue weighted by Crippen LogP contribution is -2.52. The Kier molecular flexibility index (Phi) is 8.53. The molecule has 142 valence electrons. The first-order chi connectivity index (χ1) is 11.5. The van der Waals surface area contributed by atoms with E-state index >= 15 is 0 Å². The quantitative estimate of drug-likeness (QED) is 0.683. The molecule has 2 rings (SSSR count). The average molecular weight is 371 g/mol. The molecule has 1 aromatic carbocycles. The SMILES string of the molecule is CCCCOc1ccc(C(C)NC(=O)C2(N)CCCC2)cc1OC.Cl. The Morgan fingerprint density at radius 2 is 2.00 bits per heavy atom. The molecule has 5 nitrogen and oxygen atoms in total. The topological polar surface area (TPSA) is 73.6 Å². The maximum absolute atomic E-state index is 12.5. The van der Waals surface area contributed by atoms with Gasteiger partial charge in [0.05, 0.1) is 25.3 Å². The zero-order valence-corrected chi connectivity index (χ0v) is 16.3. The highest BCUT2D eigenvalue weighted by Gasteiger charge is 2.37. The summed E-state index contributed by atoms with van der Waals surface area (Å²) in [7, 11) is 1.63. The molecule has 0 spiro atoms. The van der Waals surface area contributed by atoms with Gasteiger partial charge in [-0.15, -0.1) is 12.4 Å². The van der Waals surface area contributed by atoms with Crippen LogP contribution in [0.5, 0.6) is 11.5 Å². The second kappa shape index (κ2) is 9.88. The van der Waals surface area contributed by atoms with Gasteiger partial charge in [0.25, 0.3) is 0 Å². The van der Waals surface area contributed by atoms with Crippen molar-refractivity contribution in [3.05, 3.63) is 23.8 Å². The Bertz CT molecular complexity index is 560. The largest absolute Gasteiger partial charge is 0.493 e. The molecule has 1 unspecified atom stereocenters. The Morgan fingerprint density at radius 1 is 1.32 bits per heavy atom. The summed E-state index contributed by atoms with van der Waals surface area (Å²) in [6.07, 6.45) is 5.67. The number of carbonyl (C=O) groups is 1. The van der Waals surface area contributed by atoms with Crippen LogP contribution in [0.4, 0.5) is 0 Å². The second-order valence-electron chi connectivity index (χ2n) is 6.67. The van der Waals surface area contributed by atoms with Crippen molar-refractivity contribution < 1.29 is 14.3 Å². The number of ether oxygens (including phenoxy) is 2. The number of unbranched alkanes of at least 4 members (excludes halogenated alkanes) is 1. The number of carbonyl (C=O) groups excluding carboxylic acids is 1. The summed E-state index contributed by atoms with van der Waals surface area (Å²) in [5, 5.41) is 3.04. The first-order valence-corrected chi connectivity index (χ1v) is 8.90. The van der Waals surface area contributed by atoms with E-state index in [0.717, 1.165) is 49.8 Å². The van der Waals surface area contributed by atoms with Crippen LogP contribution in [0.25, 0.3) is 0 Å². The van der Waals surface area contributed by atoms with Crippen molar-refractivity contribution in [2.75, 3.05) is 13.7 Å². The molecule has 1 atom stereocenters. The molecule has 6 heteroatoms. The van der Waals surface area contributed by atoms with Crippen molar-refractivity contribution in [3.8, 4) is 11.5 Å². The summed E-state index contributed by atoms with van der Waals surface area (Å²) < 4.78 is 11.2. The second-order valence-corrected chi connectivity index (χ2v) is 6.67. The van der Waals surface area contributed by atoms with E-state index in [4.69, 9.17) is 15.2 Å². The molecule has 0 heterocycles. The lowest BCUT2D eigenvalue weighted by molar-refractivity contribution is -0.126. The van der Waals surface area contributed by atoms with E-state index in [-0.39, 0.29) is 24.4 Å². The predicted octanol–water partition coefficient (Wildman–Crippen LogP) is 3.74. The van der Waals surface area contributed by atoms with Crippen molar-refractivity contribution in [1.82, 2.24) is 5.32 Å². The minimum absolute atomic E-state index is 0. The fourth-order valence-corrected chi connectivity index (χ4v) is 3.06. The number of halogens is 1. The summed E-state index contributed by atoms with van der Waals surface area (Å²) in [5.41, 5.74) is 6.49. The van der Waals surface area contributed by atoms with Crippen LogP contribution < -0.4 is 20.5 Å². The summed E-state index contributed by atoms with van der Waals surface area (Å²) in [6.45, 7) is 4.76. The summed E-state index contributed by atoms with van der Waals surface area (Å²) >= 11 is 0. The van der Waals surface area contributed by atoms with E-state index in [0.29, 0.717) is 12.4 Å². The molecular formula is C19H31ClN2O3. The number of hydrogen-bond acceptors (Lipinski definition) is 4. The first kappa shape index (κ1) is 21.6. The minimum Gasteiger partial charge on any atom is -0.493 e. The van der Waals surface area contributed by atoms with Crippen LogP contribution in [-0.4, -0.2) is 25.2 Å². The van der Waals surface area contributed by atoms with Crippen LogP contribution in [-0.2, 0) is 4.79 Å². The third-order valence-electron chi connectivity index (χ3n) is 4.74. The normalized spacial score (nSPS) is 16.6. The summed E-state index contributed by atoms with van der Waals surface area (Å²) in [5.74, 6) is 1.36. The minimum atomic E-state index is -0.707. The molecule has 0 aromatic heterocycles. The zero-order valence-electron chi connectivity index (χ0n) is 15.5. The van der Waals surface area contributed by atoms with Crippen molar-refractivity contribution in [1.29, 1.82) is 0 Å². The van der Waals surface area contributed by atoms with E-state index in [1.165, 1.54) is 0 Å². The average Bonchev–Trinajstić information content (AvgIpc) is 3.03. The van der Waals surface area contributed by atoms with E-state index in [1.54, 1.807) is 7.11 Å². The molecule has 1 aromatic rings. The number of methoxy groups -OCH3 is 1. The maximum atomic E-state index is 12.5. The third kappa shape index (κ3) is 5.51. The van der Waals surface area contributed by atoms with Gasteiger partial charge < -0.3 is 20.5 Å². The Morgan fingerprint density at radius 3 is 2.60 bits per heavy atom. The first-order valence-electron chi connectivity index (χ1n) is 8.90. The highest BCUT2D eigenvalue weighted by atomic mass is 35.5. The summed E-state index contributed by atoms with van der Waals surface area (Å²) in [6, 6.07) is 5.66. The van der Waals surface area contributed by atoms with Crippen LogP contribution in [0.2, 0.25) is 0 Å². The van der Waals surface area contributed by atoms with Gasteiger partial charge in [0.2, 0.25) is 5.91 Å². The molecule has 1 aliphatic rings. The molecule has 0 bridgehead atoms. The lowest BCUT2D eigenvalue weighted by atomic mass is 9.97. The van der Waals surface area contributed by atoms with Gasteiger partial charge in [0.15, 0.2) is 11.5 Å². The van der Waals surface area contributed by atoms with Gasteiger partial charge in [-0.1, -0.05) is 32.3 Å².